The zero-order chi connectivity index (χ0) is 13.5. The molecule has 0 radical (unpaired) electrons. The van der Waals surface area contributed by atoms with Crippen LogP contribution in [0.2, 0.25) is 0 Å². The van der Waals surface area contributed by atoms with Gasteiger partial charge in [-0.3, -0.25) is 0 Å². The van der Waals surface area contributed by atoms with Gasteiger partial charge in [-0.25, -0.2) is 9.59 Å². The normalized spacial score (nSPS) is 10.2. The van der Waals surface area contributed by atoms with Gasteiger partial charge in [-0.05, 0) is 12.8 Å². The maximum absolute atomic E-state index is 9.55. The van der Waals surface area contributed by atoms with E-state index in [1.165, 1.54) is 19.3 Å². The van der Waals surface area contributed by atoms with Gasteiger partial charge in [0.15, 0.2) is 0 Å². The summed E-state index contributed by atoms with van der Waals surface area (Å²) in [5, 5.41) is 24.0. The molecule has 0 heterocycles. The first-order chi connectivity index (χ1) is 8.04. The lowest BCUT2D eigenvalue weighted by atomic mass is 10.2. The molecule has 3 N–H and O–H groups in total. The summed E-state index contributed by atoms with van der Waals surface area (Å²) in [6, 6.07) is 0. The van der Waals surface area contributed by atoms with E-state index in [0.717, 1.165) is 6.42 Å². The molecule has 0 aliphatic rings. The fourth-order valence-corrected chi connectivity index (χ4v) is 0.847. The van der Waals surface area contributed by atoms with Crippen LogP contribution < -0.4 is 0 Å². The molecule has 0 aromatic rings. The summed E-state index contributed by atoms with van der Waals surface area (Å²) in [5.41, 5.74) is 0. The van der Waals surface area contributed by atoms with Gasteiger partial charge in [-0.15, -0.1) is 0 Å². The van der Waals surface area contributed by atoms with Crippen LogP contribution in [0, 0.1) is 0 Å². The van der Waals surface area contributed by atoms with Gasteiger partial charge in [0.25, 0.3) is 0 Å². The molecule has 0 rings (SSSR count). The van der Waals surface area contributed by atoms with Gasteiger partial charge in [0.2, 0.25) is 0 Å². The van der Waals surface area contributed by atoms with Crippen molar-refractivity contribution in [2.75, 3.05) is 6.61 Å². The van der Waals surface area contributed by atoms with Crippen molar-refractivity contribution in [3.8, 4) is 0 Å². The van der Waals surface area contributed by atoms with E-state index in [0.29, 0.717) is 12.2 Å². The Morgan fingerprint density at radius 3 is 1.88 bits per heavy atom. The number of carboxylic acids is 2. The molecule has 17 heavy (non-hydrogen) atoms. The Morgan fingerprint density at radius 1 is 1.00 bits per heavy atom. The molecule has 0 aliphatic carbocycles. The third-order valence-corrected chi connectivity index (χ3v) is 1.61. The Labute approximate surface area is 101 Å². The van der Waals surface area contributed by atoms with Crippen molar-refractivity contribution >= 4 is 11.9 Å². The van der Waals surface area contributed by atoms with Gasteiger partial charge >= 0.3 is 11.9 Å². The number of unbranched alkanes of at least 4 members (excludes halogenated alkanes) is 3. The molecule has 98 valence electrons. The minimum Gasteiger partial charge on any atom is -0.478 e. The molecule has 0 saturated heterocycles. The van der Waals surface area contributed by atoms with Crippen molar-refractivity contribution in [1.82, 2.24) is 0 Å². The van der Waals surface area contributed by atoms with E-state index in [1.54, 1.807) is 6.08 Å². The Balaban J connectivity index is 0. The summed E-state index contributed by atoms with van der Waals surface area (Å²) in [6.45, 7) is 2.38. The lowest BCUT2D eigenvalue weighted by Crippen LogP contribution is -1.91. The summed E-state index contributed by atoms with van der Waals surface area (Å²) in [5.74, 6) is -2.51. The summed E-state index contributed by atoms with van der Waals surface area (Å²) < 4.78 is 0. The highest BCUT2D eigenvalue weighted by molar-refractivity contribution is 5.89. The molecule has 0 atom stereocenters. The topological polar surface area (TPSA) is 94.8 Å². The van der Waals surface area contributed by atoms with Crippen molar-refractivity contribution in [2.24, 2.45) is 0 Å². The number of aliphatic hydroxyl groups excluding tert-OH is 1. The number of allylic oxidation sites excluding steroid dienone is 1. The van der Waals surface area contributed by atoms with Crippen molar-refractivity contribution < 1.29 is 24.9 Å². The lowest BCUT2D eigenvalue weighted by molar-refractivity contribution is -0.134. The third-order valence-electron chi connectivity index (χ3n) is 1.61. The molecule has 0 bridgehead atoms. The lowest BCUT2D eigenvalue weighted by Gasteiger charge is -1.89. The minimum atomic E-state index is -1.26. The molecule has 0 amide bonds. The number of hydrogen-bond donors (Lipinski definition) is 3. The van der Waals surface area contributed by atoms with Crippen LogP contribution in [0.25, 0.3) is 0 Å². The zero-order valence-electron chi connectivity index (χ0n) is 10.0. The first-order valence-corrected chi connectivity index (χ1v) is 5.44. The van der Waals surface area contributed by atoms with Crippen LogP contribution in [0.15, 0.2) is 24.3 Å². The first kappa shape index (κ1) is 17.8. The van der Waals surface area contributed by atoms with Gasteiger partial charge in [0, 0.05) is 12.2 Å². The van der Waals surface area contributed by atoms with Crippen LogP contribution >= 0.6 is 0 Å². The van der Waals surface area contributed by atoms with Crippen LogP contribution in [0.4, 0.5) is 0 Å². The zero-order valence-corrected chi connectivity index (χ0v) is 10.0. The number of rotatable bonds is 7. The average Bonchev–Trinajstić information content (AvgIpc) is 2.27. The van der Waals surface area contributed by atoms with Crippen LogP contribution in [0.1, 0.15) is 32.6 Å². The van der Waals surface area contributed by atoms with E-state index in [2.05, 4.69) is 6.92 Å². The quantitative estimate of drug-likeness (QED) is 0.361. The maximum Gasteiger partial charge on any atom is 0.328 e. The highest BCUT2D eigenvalue weighted by atomic mass is 16.4. The van der Waals surface area contributed by atoms with E-state index in [-0.39, 0.29) is 6.61 Å². The van der Waals surface area contributed by atoms with Gasteiger partial charge in [0.05, 0.1) is 6.61 Å². The van der Waals surface area contributed by atoms with Crippen molar-refractivity contribution in [3.63, 3.8) is 0 Å². The highest BCUT2D eigenvalue weighted by Gasteiger charge is 1.88. The number of hydrogen-bond acceptors (Lipinski definition) is 3. The second kappa shape index (κ2) is 14.4. The minimum absolute atomic E-state index is 0.187. The standard InChI is InChI=1S/C8H16O.C4H4O4/c1-2-3-4-5-6-7-8-9;5-3(6)1-2-4(7)8/h6-7,9H,2-5,8H2,1H3;1-2H,(H,5,6)(H,7,8)/b;2-1-. The molecule has 0 aromatic heterocycles. The van der Waals surface area contributed by atoms with E-state index < -0.39 is 11.9 Å². The highest BCUT2D eigenvalue weighted by Crippen LogP contribution is 1.98. The third kappa shape index (κ3) is 25.0. The second-order valence-electron chi connectivity index (χ2n) is 3.16. The predicted molar refractivity (Wildman–Crippen MR) is 64.8 cm³/mol. The van der Waals surface area contributed by atoms with E-state index in [4.69, 9.17) is 15.3 Å². The Hall–Kier alpha value is -1.62. The van der Waals surface area contributed by atoms with Crippen molar-refractivity contribution in [2.45, 2.75) is 32.6 Å². The molecule has 5 nitrogen and oxygen atoms in total. The van der Waals surface area contributed by atoms with E-state index in [1.807, 2.05) is 6.08 Å². The van der Waals surface area contributed by atoms with Crippen LogP contribution in [-0.4, -0.2) is 33.9 Å². The SMILES string of the molecule is CCCCCC=CCO.O=C(O)/C=C\C(=O)O. The molecule has 0 aromatic carbocycles. The summed E-state index contributed by atoms with van der Waals surface area (Å²) in [7, 11) is 0. The predicted octanol–water partition coefficient (Wildman–Crippen LogP) is 1.83. The van der Waals surface area contributed by atoms with E-state index in [9.17, 15) is 9.59 Å². The number of aliphatic hydroxyl groups is 1. The number of aliphatic carboxylic acids is 2. The molecular formula is C12H20O5. The van der Waals surface area contributed by atoms with Gasteiger partial charge in [0.1, 0.15) is 0 Å². The smallest absolute Gasteiger partial charge is 0.328 e. The molecular weight excluding hydrogens is 224 g/mol. The molecule has 0 fully saturated rings. The molecule has 0 aliphatic heterocycles. The number of carbonyl (C=O) groups is 2. The van der Waals surface area contributed by atoms with Crippen molar-refractivity contribution in [3.05, 3.63) is 24.3 Å². The van der Waals surface area contributed by atoms with Crippen LogP contribution in [0.3, 0.4) is 0 Å². The van der Waals surface area contributed by atoms with Gasteiger partial charge in [-0.1, -0.05) is 31.9 Å². The van der Waals surface area contributed by atoms with Gasteiger partial charge < -0.3 is 15.3 Å². The summed E-state index contributed by atoms with van der Waals surface area (Å²) in [4.78, 5) is 19.1. The summed E-state index contributed by atoms with van der Waals surface area (Å²) in [6.07, 6.45) is 9.90. The average molecular weight is 244 g/mol. The Bertz CT molecular complexity index is 240. The Kier molecular flexibility index (Phi) is 15.0. The maximum atomic E-state index is 9.55. The fourth-order valence-electron chi connectivity index (χ4n) is 0.847. The largest absolute Gasteiger partial charge is 0.478 e. The van der Waals surface area contributed by atoms with Gasteiger partial charge in [-0.2, -0.15) is 0 Å². The van der Waals surface area contributed by atoms with Crippen LogP contribution in [0.5, 0.6) is 0 Å². The molecule has 0 saturated carbocycles. The Morgan fingerprint density at radius 2 is 1.53 bits per heavy atom. The van der Waals surface area contributed by atoms with Crippen molar-refractivity contribution in [1.29, 1.82) is 0 Å². The monoisotopic (exact) mass is 244 g/mol. The molecule has 0 unspecified atom stereocenters. The molecule has 5 heteroatoms. The number of carboxylic acid groups (broad SMARTS) is 2. The van der Waals surface area contributed by atoms with Crippen LogP contribution in [-0.2, 0) is 9.59 Å². The summed E-state index contributed by atoms with van der Waals surface area (Å²) >= 11 is 0. The second-order valence-corrected chi connectivity index (χ2v) is 3.16. The molecule has 0 spiro atoms. The fraction of sp³-hybridized carbons (Fsp3) is 0.500. The first-order valence-electron chi connectivity index (χ1n) is 5.44. The van der Waals surface area contributed by atoms with E-state index >= 15 is 0 Å².